The normalized spacial score (nSPS) is 12.0. The molecule has 1 rings (SSSR count). The molecule has 1 atom stereocenters. The SMILES string of the molecule is CSC[C@H](CCO)NC(=O)Nc1cc(Br)ccc1C. The molecule has 2 amide bonds. The van der Waals surface area contributed by atoms with Gasteiger partial charge in [-0.2, -0.15) is 11.8 Å². The Kier molecular flexibility index (Phi) is 7.27. The number of carbonyl (C=O) groups is 1. The number of nitrogens with one attached hydrogen (secondary N) is 2. The molecule has 0 unspecified atom stereocenters. The minimum Gasteiger partial charge on any atom is -0.396 e. The fraction of sp³-hybridized carbons (Fsp3) is 0.462. The lowest BCUT2D eigenvalue weighted by molar-refractivity contribution is 0.241. The van der Waals surface area contributed by atoms with Gasteiger partial charge in [0, 0.05) is 28.6 Å². The van der Waals surface area contributed by atoms with Crippen LogP contribution in [0.4, 0.5) is 10.5 Å². The molecule has 6 heteroatoms. The Bertz CT molecular complexity index is 423. The summed E-state index contributed by atoms with van der Waals surface area (Å²) in [7, 11) is 0. The van der Waals surface area contributed by atoms with Gasteiger partial charge in [0.2, 0.25) is 0 Å². The number of aliphatic hydroxyl groups is 1. The fourth-order valence-corrected chi connectivity index (χ4v) is 2.64. The van der Waals surface area contributed by atoms with Crippen LogP contribution in [-0.2, 0) is 0 Å². The van der Waals surface area contributed by atoms with Gasteiger partial charge in [0.25, 0.3) is 0 Å². The van der Waals surface area contributed by atoms with Gasteiger partial charge in [0.05, 0.1) is 0 Å². The molecule has 3 N–H and O–H groups in total. The molecule has 1 aromatic carbocycles. The van der Waals surface area contributed by atoms with Crippen LogP contribution in [0.5, 0.6) is 0 Å². The number of amides is 2. The summed E-state index contributed by atoms with van der Waals surface area (Å²) in [5.41, 5.74) is 1.78. The maximum Gasteiger partial charge on any atom is 0.319 e. The van der Waals surface area contributed by atoms with Crippen LogP contribution in [0.25, 0.3) is 0 Å². The van der Waals surface area contributed by atoms with Gasteiger partial charge in [-0.15, -0.1) is 0 Å². The molecule has 0 radical (unpaired) electrons. The molecule has 0 bridgehead atoms. The zero-order valence-corrected chi connectivity index (χ0v) is 13.5. The molecule has 106 valence electrons. The van der Waals surface area contributed by atoms with E-state index in [2.05, 4.69) is 26.6 Å². The van der Waals surface area contributed by atoms with E-state index in [0.29, 0.717) is 6.42 Å². The maximum absolute atomic E-state index is 11.9. The highest BCUT2D eigenvalue weighted by Gasteiger charge is 2.12. The molecule has 0 fully saturated rings. The molecular weight excluding hydrogens is 328 g/mol. The smallest absolute Gasteiger partial charge is 0.319 e. The lowest BCUT2D eigenvalue weighted by Crippen LogP contribution is -2.40. The molecule has 0 saturated heterocycles. The summed E-state index contributed by atoms with van der Waals surface area (Å²) in [6.45, 7) is 2.01. The number of halogens is 1. The van der Waals surface area contributed by atoms with Crippen molar-refractivity contribution in [1.29, 1.82) is 0 Å². The van der Waals surface area contributed by atoms with Crippen LogP contribution in [0, 0.1) is 6.92 Å². The fourth-order valence-electron chi connectivity index (χ4n) is 1.63. The summed E-state index contributed by atoms with van der Waals surface area (Å²) in [5, 5.41) is 14.7. The Hall–Kier alpha value is -0.720. The standard InChI is InChI=1S/C13H19BrN2O2S/c1-9-3-4-10(14)7-12(9)16-13(18)15-11(5-6-17)8-19-2/h3-4,7,11,17H,5-6,8H2,1-2H3,(H2,15,16,18)/t11-/m0/s1. The predicted octanol–water partition coefficient (Wildman–Crippen LogP) is 2.99. The van der Waals surface area contributed by atoms with Gasteiger partial charge in [-0.3, -0.25) is 0 Å². The first-order valence-electron chi connectivity index (χ1n) is 6.00. The Balaban J connectivity index is 2.60. The Morgan fingerprint density at radius 3 is 2.89 bits per heavy atom. The summed E-state index contributed by atoms with van der Waals surface area (Å²) in [6.07, 6.45) is 2.54. The number of hydrogen-bond donors (Lipinski definition) is 3. The molecule has 0 aliphatic carbocycles. The number of anilines is 1. The van der Waals surface area contributed by atoms with Crippen LogP contribution in [0.3, 0.4) is 0 Å². The first-order chi connectivity index (χ1) is 9.06. The van der Waals surface area contributed by atoms with E-state index in [1.807, 2.05) is 31.4 Å². The lowest BCUT2D eigenvalue weighted by Gasteiger charge is -2.17. The van der Waals surface area contributed by atoms with Gasteiger partial charge in [-0.1, -0.05) is 22.0 Å². The average Bonchev–Trinajstić information content (AvgIpc) is 2.34. The second-order valence-corrected chi connectivity index (χ2v) is 6.05. The van der Waals surface area contributed by atoms with E-state index in [4.69, 9.17) is 5.11 Å². The van der Waals surface area contributed by atoms with Crippen LogP contribution in [0.2, 0.25) is 0 Å². The molecular formula is C13H19BrN2O2S. The van der Waals surface area contributed by atoms with Crippen LogP contribution < -0.4 is 10.6 Å². The highest BCUT2D eigenvalue weighted by Crippen LogP contribution is 2.20. The van der Waals surface area contributed by atoms with E-state index in [0.717, 1.165) is 21.5 Å². The molecule has 1 aromatic rings. The van der Waals surface area contributed by atoms with Crippen molar-refractivity contribution in [3.8, 4) is 0 Å². The van der Waals surface area contributed by atoms with Crippen LogP contribution in [0.1, 0.15) is 12.0 Å². The lowest BCUT2D eigenvalue weighted by atomic mass is 10.2. The quantitative estimate of drug-likeness (QED) is 0.741. The van der Waals surface area contributed by atoms with Crippen molar-refractivity contribution in [1.82, 2.24) is 5.32 Å². The number of hydrogen-bond acceptors (Lipinski definition) is 3. The Labute approximate surface area is 126 Å². The zero-order chi connectivity index (χ0) is 14.3. The van der Waals surface area contributed by atoms with E-state index >= 15 is 0 Å². The number of carbonyl (C=O) groups excluding carboxylic acids is 1. The predicted molar refractivity (Wildman–Crippen MR) is 84.9 cm³/mol. The minimum atomic E-state index is -0.242. The van der Waals surface area contributed by atoms with Crippen LogP contribution in [0.15, 0.2) is 22.7 Å². The van der Waals surface area contributed by atoms with Crippen molar-refractivity contribution in [3.63, 3.8) is 0 Å². The first-order valence-corrected chi connectivity index (χ1v) is 8.19. The first kappa shape index (κ1) is 16.3. The monoisotopic (exact) mass is 346 g/mol. The zero-order valence-electron chi connectivity index (χ0n) is 11.1. The summed E-state index contributed by atoms with van der Waals surface area (Å²) in [6, 6.07) is 5.47. The van der Waals surface area contributed by atoms with Crippen molar-refractivity contribution in [2.75, 3.05) is 23.9 Å². The van der Waals surface area contributed by atoms with E-state index in [1.165, 1.54) is 0 Å². The van der Waals surface area contributed by atoms with E-state index in [1.54, 1.807) is 11.8 Å². The van der Waals surface area contributed by atoms with Gasteiger partial charge in [0.15, 0.2) is 0 Å². The molecule has 0 spiro atoms. The Morgan fingerprint density at radius 2 is 2.26 bits per heavy atom. The van der Waals surface area contributed by atoms with Gasteiger partial charge in [0.1, 0.15) is 0 Å². The van der Waals surface area contributed by atoms with Gasteiger partial charge in [-0.05, 0) is 37.3 Å². The number of rotatable bonds is 6. The average molecular weight is 347 g/mol. The van der Waals surface area contributed by atoms with Crippen molar-refractivity contribution in [2.45, 2.75) is 19.4 Å². The molecule has 0 heterocycles. The van der Waals surface area contributed by atoms with Crippen molar-refractivity contribution < 1.29 is 9.90 Å². The largest absolute Gasteiger partial charge is 0.396 e. The summed E-state index contributed by atoms with van der Waals surface area (Å²) < 4.78 is 0.921. The topological polar surface area (TPSA) is 61.4 Å². The number of aliphatic hydroxyl groups excluding tert-OH is 1. The van der Waals surface area contributed by atoms with E-state index in [9.17, 15) is 4.79 Å². The molecule has 19 heavy (non-hydrogen) atoms. The third-order valence-electron chi connectivity index (χ3n) is 2.63. The maximum atomic E-state index is 11.9. The van der Waals surface area contributed by atoms with Gasteiger partial charge in [-0.25, -0.2) is 4.79 Å². The molecule has 0 aliphatic rings. The Morgan fingerprint density at radius 1 is 1.53 bits per heavy atom. The second-order valence-electron chi connectivity index (χ2n) is 4.22. The third kappa shape index (κ3) is 5.84. The number of benzene rings is 1. The number of thioether (sulfide) groups is 1. The summed E-state index contributed by atoms with van der Waals surface area (Å²) in [4.78, 5) is 11.9. The van der Waals surface area contributed by atoms with Crippen molar-refractivity contribution in [3.05, 3.63) is 28.2 Å². The van der Waals surface area contributed by atoms with Crippen LogP contribution >= 0.6 is 27.7 Å². The second kappa shape index (κ2) is 8.45. The minimum absolute atomic E-state index is 0.0209. The van der Waals surface area contributed by atoms with Gasteiger partial charge >= 0.3 is 6.03 Å². The van der Waals surface area contributed by atoms with Gasteiger partial charge < -0.3 is 15.7 Å². The van der Waals surface area contributed by atoms with E-state index in [-0.39, 0.29) is 18.7 Å². The highest BCUT2D eigenvalue weighted by molar-refractivity contribution is 9.10. The number of urea groups is 1. The number of aryl methyl sites for hydroxylation is 1. The highest BCUT2D eigenvalue weighted by atomic mass is 79.9. The van der Waals surface area contributed by atoms with Crippen LogP contribution in [-0.4, -0.2) is 35.8 Å². The van der Waals surface area contributed by atoms with Crippen molar-refractivity contribution in [2.24, 2.45) is 0 Å². The van der Waals surface area contributed by atoms with Crippen molar-refractivity contribution >= 4 is 39.4 Å². The summed E-state index contributed by atoms with van der Waals surface area (Å²) >= 11 is 5.02. The summed E-state index contributed by atoms with van der Waals surface area (Å²) in [5.74, 6) is 0.783. The molecule has 4 nitrogen and oxygen atoms in total. The van der Waals surface area contributed by atoms with E-state index < -0.39 is 0 Å². The molecule has 0 aliphatic heterocycles. The molecule has 0 saturated carbocycles. The third-order valence-corrected chi connectivity index (χ3v) is 3.86. The molecule has 0 aromatic heterocycles.